The summed E-state index contributed by atoms with van der Waals surface area (Å²) >= 11 is 0. The molecular weight excluding hydrogens is 154 g/mol. The van der Waals surface area contributed by atoms with Gasteiger partial charge in [-0.25, -0.2) is 0 Å². The first-order valence-corrected chi connectivity index (χ1v) is 4.48. The van der Waals surface area contributed by atoms with Crippen molar-refractivity contribution in [2.24, 2.45) is 5.92 Å². The summed E-state index contributed by atoms with van der Waals surface area (Å²) in [5, 5.41) is 2.87. The summed E-state index contributed by atoms with van der Waals surface area (Å²) in [6.45, 7) is 6.43. The van der Waals surface area contributed by atoms with Crippen molar-refractivity contribution < 1.29 is 9.53 Å². The summed E-state index contributed by atoms with van der Waals surface area (Å²) in [4.78, 5) is 10.7. The van der Waals surface area contributed by atoms with Crippen molar-refractivity contribution >= 4 is 5.91 Å². The Morgan fingerprint density at radius 2 is 2.17 bits per heavy atom. The van der Waals surface area contributed by atoms with Gasteiger partial charge in [-0.1, -0.05) is 6.92 Å². The van der Waals surface area contributed by atoms with Crippen molar-refractivity contribution in [1.29, 1.82) is 0 Å². The maximum Gasteiger partial charge on any atom is 0.217 e. The van der Waals surface area contributed by atoms with Crippen molar-refractivity contribution in [2.45, 2.75) is 39.3 Å². The molecule has 12 heavy (non-hydrogen) atoms. The Hall–Kier alpha value is -0.570. The molecule has 0 spiro atoms. The molecule has 0 bridgehead atoms. The van der Waals surface area contributed by atoms with Crippen molar-refractivity contribution in [3.8, 4) is 0 Å². The van der Waals surface area contributed by atoms with Crippen molar-refractivity contribution in [1.82, 2.24) is 5.32 Å². The second-order valence-electron chi connectivity index (χ2n) is 3.65. The van der Waals surface area contributed by atoms with Gasteiger partial charge in [0.1, 0.15) is 0 Å². The molecule has 1 heterocycles. The lowest BCUT2D eigenvalue weighted by Crippen LogP contribution is -2.44. The first-order chi connectivity index (χ1) is 5.59. The van der Waals surface area contributed by atoms with E-state index in [9.17, 15) is 4.79 Å². The molecule has 0 saturated carbocycles. The molecule has 0 radical (unpaired) electrons. The monoisotopic (exact) mass is 171 g/mol. The molecule has 1 fully saturated rings. The largest absolute Gasteiger partial charge is 0.376 e. The second-order valence-corrected chi connectivity index (χ2v) is 3.65. The molecule has 0 aromatic carbocycles. The standard InChI is InChI=1S/C9H17NO2/c1-6-4-9(10-8(3)11)5-12-7(6)2/h6-7,9H,4-5H2,1-3H3,(H,10,11)/t6-,7?,9?/m1/s1. The van der Waals surface area contributed by atoms with Gasteiger partial charge in [0.2, 0.25) is 5.91 Å². The first-order valence-electron chi connectivity index (χ1n) is 4.48. The van der Waals surface area contributed by atoms with E-state index in [1.54, 1.807) is 6.92 Å². The van der Waals surface area contributed by atoms with Crippen LogP contribution in [0.4, 0.5) is 0 Å². The van der Waals surface area contributed by atoms with Gasteiger partial charge in [0, 0.05) is 6.92 Å². The predicted molar refractivity (Wildman–Crippen MR) is 46.8 cm³/mol. The Morgan fingerprint density at radius 1 is 1.50 bits per heavy atom. The highest BCUT2D eigenvalue weighted by Crippen LogP contribution is 2.19. The normalized spacial score (nSPS) is 36.1. The molecule has 3 heteroatoms. The lowest BCUT2D eigenvalue weighted by atomic mass is 9.94. The summed E-state index contributed by atoms with van der Waals surface area (Å²) in [5.74, 6) is 0.570. The van der Waals surface area contributed by atoms with E-state index < -0.39 is 0 Å². The Balaban J connectivity index is 2.35. The summed E-state index contributed by atoms with van der Waals surface area (Å²) in [6, 6.07) is 0.216. The SMILES string of the molecule is CC(=O)NC1COC(C)[C@H](C)C1. The molecule has 3 nitrogen and oxygen atoms in total. The van der Waals surface area contributed by atoms with Crippen LogP contribution in [0.15, 0.2) is 0 Å². The Kier molecular flexibility index (Phi) is 3.09. The molecule has 1 N–H and O–H groups in total. The Labute approximate surface area is 73.5 Å². The molecule has 1 aliphatic heterocycles. The number of rotatable bonds is 1. The minimum Gasteiger partial charge on any atom is -0.376 e. The molecule has 0 aliphatic carbocycles. The van der Waals surface area contributed by atoms with Crippen LogP contribution in [0.1, 0.15) is 27.2 Å². The number of carbonyl (C=O) groups is 1. The summed E-state index contributed by atoms with van der Waals surface area (Å²) in [5.41, 5.74) is 0. The van der Waals surface area contributed by atoms with E-state index in [0.717, 1.165) is 6.42 Å². The third-order valence-corrected chi connectivity index (χ3v) is 2.43. The average Bonchev–Trinajstić information content (AvgIpc) is 1.96. The minimum absolute atomic E-state index is 0.0327. The summed E-state index contributed by atoms with van der Waals surface area (Å²) in [7, 11) is 0. The van der Waals surface area contributed by atoms with Crippen LogP contribution >= 0.6 is 0 Å². The summed E-state index contributed by atoms with van der Waals surface area (Å²) < 4.78 is 5.49. The number of amides is 1. The predicted octanol–water partition coefficient (Wildman–Crippen LogP) is 0.936. The van der Waals surface area contributed by atoms with Crippen molar-refractivity contribution in [3.05, 3.63) is 0 Å². The zero-order valence-corrected chi connectivity index (χ0v) is 7.96. The minimum atomic E-state index is 0.0327. The number of carbonyl (C=O) groups excluding carboxylic acids is 1. The first kappa shape index (κ1) is 9.52. The molecule has 0 aromatic rings. The van der Waals surface area contributed by atoms with Crippen LogP contribution < -0.4 is 5.32 Å². The van der Waals surface area contributed by atoms with Gasteiger partial charge in [-0.05, 0) is 19.3 Å². The van der Waals surface area contributed by atoms with E-state index in [1.807, 2.05) is 0 Å². The fourth-order valence-corrected chi connectivity index (χ4v) is 1.53. The maximum absolute atomic E-state index is 10.7. The van der Waals surface area contributed by atoms with Gasteiger partial charge in [-0.2, -0.15) is 0 Å². The highest BCUT2D eigenvalue weighted by atomic mass is 16.5. The van der Waals surface area contributed by atoms with Crippen LogP contribution in [0.25, 0.3) is 0 Å². The molecule has 1 saturated heterocycles. The van der Waals surface area contributed by atoms with Crippen LogP contribution in [0.2, 0.25) is 0 Å². The molecule has 0 aromatic heterocycles. The second kappa shape index (κ2) is 3.90. The fourth-order valence-electron chi connectivity index (χ4n) is 1.53. The van der Waals surface area contributed by atoms with Crippen LogP contribution in [0.5, 0.6) is 0 Å². The number of ether oxygens (including phenoxy) is 1. The lowest BCUT2D eigenvalue weighted by molar-refractivity contribution is -0.121. The third-order valence-electron chi connectivity index (χ3n) is 2.43. The van der Waals surface area contributed by atoms with Gasteiger partial charge in [0.15, 0.2) is 0 Å². The molecule has 2 unspecified atom stereocenters. The molecule has 1 aliphatic rings. The van der Waals surface area contributed by atoms with Crippen LogP contribution in [0.3, 0.4) is 0 Å². The van der Waals surface area contributed by atoms with Crippen LogP contribution in [0, 0.1) is 5.92 Å². The molecular formula is C9H17NO2. The van der Waals surface area contributed by atoms with Crippen molar-refractivity contribution in [3.63, 3.8) is 0 Å². The topological polar surface area (TPSA) is 38.3 Å². The quantitative estimate of drug-likeness (QED) is 0.637. The Morgan fingerprint density at radius 3 is 2.67 bits per heavy atom. The van der Waals surface area contributed by atoms with Crippen LogP contribution in [-0.4, -0.2) is 24.7 Å². The zero-order valence-electron chi connectivity index (χ0n) is 7.96. The Bertz CT molecular complexity index is 170. The van der Waals surface area contributed by atoms with Gasteiger partial charge >= 0.3 is 0 Å². The van der Waals surface area contributed by atoms with E-state index in [0.29, 0.717) is 18.6 Å². The van der Waals surface area contributed by atoms with Crippen molar-refractivity contribution in [2.75, 3.05) is 6.61 Å². The summed E-state index contributed by atoms with van der Waals surface area (Å²) in [6.07, 6.45) is 1.36. The third kappa shape index (κ3) is 2.48. The van der Waals surface area contributed by atoms with Gasteiger partial charge in [-0.15, -0.1) is 0 Å². The fraction of sp³-hybridized carbons (Fsp3) is 0.889. The number of nitrogens with one attached hydrogen (secondary N) is 1. The molecule has 1 rings (SSSR count). The maximum atomic E-state index is 10.7. The number of hydrogen-bond donors (Lipinski definition) is 1. The van der Waals surface area contributed by atoms with E-state index >= 15 is 0 Å². The lowest BCUT2D eigenvalue weighted by Gasteiger charge is -2.32. The van der Waals surface area contributed by atoms with E-state index in [4.69, 9.17) is 4.74 Å². The molecule has 3 atom stereocenters. The van der Waals surface area contributed by atoms with E-state index in [-0.39, 0.29) is 11.9 Å². The molecule has 1 amide bonds. The van der Waals surface area contributed by atoms with E-state index in [2.05, 4.69) is 19.2 Å². The highest BCUT2D eigenvalue weighted by molar-refractivity contribution is 5.73. The van der Waals surface area contributed by atoms with Gasteiger partial charge in [0.25, 0.3) is 0 Å². The number of hydrogen-bond acceptors (Lipinski definition) is 2. The van der Waals surface area contributed by atoms with Gasteiger partial charge in [0.05, 0.1) is 18.8 Å². The average molecular weight is 171 g/mol. The molecule has 70 valence electrons. The highest BCUT2D eigenvalue weighted by Gasteiger charge is 2.25. The zero-order chi connectivity index (χ0) is 9.14. The van der Waals surface area contributed by atoms with E-state index in [1.165, 1.54) is 0 Å². The van der Waals surface area contributed by atoms with Gasteiger partial charge < -0.3 is 10.1 Å². The van der Waals surface area contributed by atoms with Crippen LogP contribution in [-0.2, 0) is 9.53 Å². The smallest absolute Gasteiger partial charge is 0.217 e. The van der Waals surface area contributed by atoms with Gasteiger partial charge in [-0.3, -0.25) is 4.79 Å².